The number of H-pyrrole nitrogens is 1. The van der Waals surface area contributed by atoms with Crippen LogP contribution < -0.4 is 4.90 Å². The van der Waals surface area contributed by atoms with Crippen LogP contribution in [0.2, 0.25) is 0 Å². The van der Waals surface area contributed by atoms with E-state index in [4.69, 9.17) is 0 Å². The fourth-order valence-corrected chi connectivity index (χ4v) is 3.48. The van der Waals surface area contributed by atoms with Gasteiger partial charge in [0.15, 0.2) is 0 Å². The van der Waals surface area contributed by atoms with Crippen molar-refractivity contribution in [3.8, 4) is 11.3 Å². The van der Waals surface area contributed by atoms with Gasteiger partial charge in [0.25, 0.3) is 5.91 Å². The molecule has 1 N–H and O–H groups in total. The van der Waals surface area contributed by atoms with Crippen LogP contribution in [-0.4, -0.2) is 32.2 Å². The molecule has 0 saturated heterocycles. The molecule has 0 fully saturated rings. The summed E-state index contributed by atoms with van der Waals surface area (Å²) in [4.78, 5) is 22.3. The van der Waals surface area contributed by atoms with Gasteiger partial charge in [-0.1, -0.05) is 13.8 Å². The van der Waals surface area contributed by atoms with E-state index in [2.05, 4.69) is 15.1 Å². The lowest BCUT2D eigenvalue weighted by atomic mass is 10.1. The van der Waals surface area contributed by atoms with Crippen LogP contribution in [0.25, 0.3) is 11.3 Å². The SMILES string of the molecule is CC(C)c1ncc(-c2cnn3c2C(=O)N(c2ccc(C(F)(F)F)cc2)C[C@@H]3C)[nH]1. The predicted molar refractivity (Wildman–Crippen MR) is 102 cm³/mol. The number of carbonyl (C=O) groups excluding carboxylic acids is 1. The largest absolute Gasteiger partial charge is 0.416 e. The Balaban J connectivity index is 1.72. The molecule has 0 aliphatic carbocycles. The molecule has 152 valence electrons. The Morgan fingerprint density at radius 2 is 1.86 bits per heavy atom. The first-order chi connectivity index (χ1) is 13.7. The number of anilines is 1. The summed E-state index contributed by atoms with van der Waals surface area (Å²) in [6.07, 6.45) is -1.13. The van der Waals surface area contributed by atoms with E-state index in [1.54, 1.807) is 17.1 Å². The van der Waals surface area contributed by atoms with Crippen LogP contribution in [-0.2, 0) is 6.18 Å². The van der Waals surface area contributed by atoms with Gasteiger partial charge in [-0.3, -0.25) is 9.48 Å². The van der Waals surface area contributed by atoms with E-state index in [1.807, 2.05) is 20.8 Å². The van der Waals surface area contributed by atoms with Gasteiger partial charge in [-0.25, -0.2) is 4.98 Å². The van der Waals surface area contributed by atoms with Crippen molar-refractivity contribution in [2.24, 2.45) is 0 Å². The molecule has 4 rings (SSSR count). The van der Waals surface area contributed by atoms with Crippen molar-refractivity contribution in [3.63, 3.8) is 0 Å². The van der Waals surface area contributed by atoms with Gasteiger partial charge < -0.3 is 9.88 Å². The van der Waals surface area contributed by atoms with Crippen molar-refractivity contribution in [3.05, 3.63) is 53.7 Å². The number of aromatic amines is 1. The molecule has 1 amide bonds. The highest BCUT2D eigenvalue weighted by atomic mass is 19.4. The number of halogens is 3. The number of nitrogens with zero attached hydrogens (tertiary/aromatic N) is 4. The third-order valence-corrected chi connectivity index (χ3v) is 5.05. The van der Waals surface area contributed by atoms with Crippen molar-refractivity contribution in [2.45, 2.75) is 38.9 Å². The van der Waals surface area contributed by atoms with Crippen molar-refractivity contribution in [1.29, 1.82) is 0 Å². The summed E-state index contributed by atoms with van der Waals surface area (Å²) < 4.78 is 40.2. The van der Waals surface area contributed by atoms with E-state index in [9.17, 15) is 18.0 Å². The normalized spacial score (nSPS) is 17.1. The maximum Gasteiger partial charge on any atom is 0.416 e. The van der Waals surface area contributed by atoms with Gasteiger partial charge in [0, 0.05) is 18.2 Å². The molecule has 6 nitrogen and oxygen atoms in total. The summed E-state index contributed by atoms with van der Waals surface area (Å²) in [5.74, 6) is 0.695. The second-order valence-corrected chi connectivity index (χ2v) is 7.50. The molecule has 0 spiro atoms. The lowest BCUT2D eigenvalue weighted by molar-refractivity contribution is -0.137. The zero-order valence-electron chi connectivity index (χ0n) is 16.2. The minimum atomic E-state index is -4.42. The average Bonchev–Trinajstić information content (AvgIpc) is 3.31. The minimum absolute atomic E-state index is 0.133. The summed E-state index contributed by atoms with van der Waals surface area (Å²) in [7, 11) is 0. The number of hydrogen-bond donors (Lipinski definition) is 1. The Kier molecular flexibility index (Phi) is 4.48. The molecule has 1 aromatic carbocycles. The van der Waals surface area contributed by atoms with Gasteiger partial charge in [-0.15, -0.1) is 0 Å². The number of fused-ring (bicyclic) bond motifs is 1. The summed E-state index contributed by atoms with van der Waals surface area (Å²) in [6, 6.07) is 4.50. The van der Waals surface area contributed by atoms with Gasteiger partial charge in [0.05, 0.1) is 35.3 Å². The number of aromatic nitrogens is 4. The van der Waals surface area contributed by atoms with Crippen LogP contribution in [0.5, 0.6) is 0 Å². The number of benzene rings is 1. The quantitative estimate of drug-likeness (QED) is 0.693. The molecule has 0 saturated carbocycles. The van der Waals surface area contributed by atoms with Gasteiger partial charge >= 0.3 is 6.18 Å². The summed E-state index contributed by atoms with van der Waals surface area (Å²) in [5, 5.41) is 4.37. The maximum atomic E-state index is 13.2. The molecule has 3 heterocycles. The molecule has 9 heteroatoms. The Morgan fingerprint density at radius 1 is 1.17 bits per heavy atom. The van der Waals surface area contributed by atoms with Gasteiger partial charge in [-0.2, -0.15) is 18.3 Å². The lowest BCUT2D eigenvalue weighted by Crippen LogP contribution is -2.42. The fourth-order valence-electron chi connectivity index (χ4n) is 3.48. The second kappa shape index (κ2) is 6.75. The van der Waals surface area contributed by atoms with Crippen LogP contribution in [0.3, 0.4) is 0 Å². The standard InChI is InChI=1S/C20H20F3N5O/c1-11(2)18-24-9-16(26-18)15-8-25-28-12(3)10-27(19(29)17(15)28)14-6-4-13(5-7-14)20(21,22)23/h4-9,11-12H,10H2,1-3H3,(H,24,26)/t12-/m0/s1. The van der Waals surface area contributed by atoms with Crippen molar-refractivity contribution in [2.75, 3.05) is 11.4 Å². The van der Waals surface area contributed by atoms with Gasteiger partial charge in [0.1, 0.15) is 11.5 Å². The Hall–Kier alpha value is -3.10. The number of rotatable bonds is 3. The van der Waals surface area contributed by atoms with Crippen LogP contribution in [0.1, 0.15) is 54.6 Å². The van der Waals surface area contributed by atoms with Crippen molar-refractivity contribution < 1.29 is 18.0 Å². The van der Waals surface area contributed by atoms with E-state index in [0.29, 0.717) is 29.2 Å². The Morgan fingerprint density at radius 3 is 2.45 bits per heavy atom. The Bertz CT molecular complexity index is 1050. The van der Waals surface area contributed by atoms with Crippen LogP contribution in [0.4, 0.5) is 18.9 Å². The van der Waals surface area contributed by atoms with Gasteiger partial charge in [0.2, 0.25) is 0 Å². The van der Waals surface area contributed by atoms with Crippen LogP contribution >= 0.6 is 0 Å². The highest BCUT2D eigenvalue weighted by Crippen LogP contribution is 2.34. The molecule has 29 heavy (non-hydrogen) atoms. The number of hydrogen-bond acceptors (Lipinski definition) is 3. The van der Waals surface area contributed by atoms with Crippen molar-refractivity contribution in [1.82, 2.24) is 19.7 Å². The minimum Gasteiger partial charge on any atom is -0.342 e. The number of carbonyl (C=O) groups is 1. The topological polar surface area (TPSA) is 66.8 Å². The predicted octanol–water partition coefficient (Wildman–Crippen LogP) is 4.64. The highest BCUT2D eigenvalue weighted by molar-refractivity contribution is 6.09. The number of imidazole rings is 1. The van der Waals surface area contributed by atoms with E-state index < -0.39 is 11.7 Å². The molecule has 0 unspecified atom stereocenters. The lowest BCUT2D eigenvalue weighted by Gasteiger charge is -2.32. The number of nitrogens with one attached hydrogen (secondary N) is 1. The maximum absolute atomic E-state index is 13.2. The summed E-state index contributed by atoms with van der Waals surface area (Å²) in [5.41, 5.74) is 1.37. The molecule has 0 radical (unpaired) electrons. The smallest absolute Gasteiger partial charge is 0.342 e. The van der Waals surface area contributed by atoms with E-state index in [-0.39, 0.29) is 17.9 Å². The highest BCUT2D eigenvalue weighted by Gasteiger charge is 2.35. The zero-order valence-corrected chi connectivity index (χ0v) is 16.2. The fraction of sp³-hybridized carbons (Fsp3) is 0.350. The molecule has 3 aromatic rings. The zero-order chi connectivity index (χ0) is 20.9. The molecular weight excluding hydrogens is 383 g/mol. The van der Waals surface area contributed by atoms with E-state index in [1.165, 1.54) is 17.0 Å². The summed E-state index contributed by atoms with van der Waals surface area (Å²) in [6.45, 7) is 6.25. The molecular formula is C20H20F3N5O. The first kappa shape index (κ1) is 19.2. The first-order valence-corrected chi connectivity index (χ1v) is 9.28. The molecule has 1 atom stereocenters. The third kappa shape index (κ3) is 3.30. The molecule has 1 aliphatic heterocycles. The van der Waals surface area contributed by atoms with Crippen molar-refractivity contribution >= 4 is 11.6 Å². The second-order valence-electron chi connectivity index (χ2n) is 7.50. The van der Waals surface area contributed by atoms with E-state index in [0.717, 1.165) is 18.0 Å². The van der Waals surface area contributed by atoms with Crippen LogP contribution in [0, 0.1) is 0 Å². The van der Waals surface area contributed by atoms with E-state index >= 15 is 0 Å². The number of amides is 1. The first-order valence-electron chi connectivity index (χ1n) is 9.28. The average molecular weight is 403 g/mol. The number of alkyl halides is 3. The Labute approximate surface area is 165 Å². The van der Waals surface area contributed by atoms with Gasteiger partial charge in [-0.05, 0) is 31.2 Å². The molecule has 1 aliphatic rings. The monoisotopic (exact) mass is 403 g/mol. The summed E-state index contributed by atoms with van der Waals surface area (Å²) >= 11 is 0. The third-order valence-electron chi connectivity index (χ3n) is 5.05. The molecule has 0 bridgehead atoms. The molecule has 2 aromatic heterocycles. The van der Waals surface area contributed by atoms with Crippen LogP contribution in [0.15, 0.2) is 36.7 Å².